The van der Waals surface area contributed by atoms with Crippen LogP contribution >= 0.6 is 15.9 Å². The zero-order valence-corrected chi connectivity index (χ0v) is 7.84. The maximum Gasteiger partial charge on any atom is 0.232 e. The van der Waals surface area contributed by atoms with E-state index in [1.54, 1.807) is 12.4 Å². The molecule has 60 valence electrons. The molecule has 0 N–H and O–H groups in total. The summed E-state index contributed by atoms with van der Waals surface area (Å²) >= 11 is 3.18. The fraction of sp³-hybridized carbons (Fsp3) is 0.429. The van der Waals surface area contributed by atoms with Gasteiger partial charge in [0.15, 0.2) is 0 Å². The van der Waals surface area contributed by atoms with Crippen molar-refractivity contribution in [3.05, 3.63) is 17.0 Å². The van der Waals surface area contributed by atoms with E-state index in [9.17, 15) is 0 Å². The van der Waals surface area contributed by atoms with Crippen molar-refractivity contribution in [2.75, 3.05) is 6.61 Å². The van der Waals surface area contributed by atoms with E-state index < -0.39 is 0 Å². The van der Waals surface area contributed by atoms with Crippen molar-refractivity contribution in [3.8, 4) is 5.88 Å². The first-order chi connectivity index (χ1) is 5.33. The molecule has 1 rings (SSSR count). The molecule has 0 aliphatic rings. The third kappa shape index (κ3) is 2.84. The Morgan fingerprint density at radius 1 is 1.45 bits per heavy atom. The highest BCUT2D eigenvalue weighted by Crippen LogP contribution is 2.07. The molecular weight excluding hydrogens is 208 g/mol. The maximum absolute atomic E-state index is 5.22. The molecule has 0 saturated heterocycles. The van der Waals surface area contributed by atoms with E-state index in [-0.39, 0.29) is 0 Å². The van der Waals surface area contributed by atoms with Gasteiger partial charge in [-0.3, -0.25) is 0 Å². The van der Waals surface area contributed by atoms with Crippen LogP contribution in [0.2, 0.25) is 0 Å². The Labute approximate surface area is 73.9 Å². The molecule has 0 unspecified atom stereocenters. The Kier molecular flexibility index (Phi) is 3.29. The molecule has 0 bridgehead atoms. The lowest BCUT2D eigenvalue weighted by atomic mass is 10.5. The minimum atomic E-state index is 0.579. The van der Waals surface area contributed by atoms with Gasteiger partial charge in [0.1, 0.15) is 4.60 Å². The predicted octanol–water partition coefficient (Wildman–Crippen LogP) is 2.03. The highest BCUT2D eigenvalue weighted by Gasteiger charge is 1.93. The van der Waals surface area contributed by atoms with Crippen LogP contribution in [0.4, 0.5) is 0 Å². The van der Waals surface area contributed by atoms with Crippen molar-refractivity contribution in [2.45, 2.75) is 13.3 Å². The molecule has 0 aliphatic carbocycles. The number of hydrogen-bond acceptors (Lipinski definition) is 3. The summed E-state index contributed by atoms with van der Waals surface area (Å²) in [4.78, 5) is 7.95. The maximum atomic E-state index is 5.22. The molecule has 0 aliphatic heterocycles. The zero-order valence-electron chi connectivity index (χ0n) is 6.25. The lowest BCUT2D eigenvalue weighted by Gasteiger charge is -2.00. The second kappa shape index (κ2) is 4.28. The number of ether oxygens (including phenoxy) is 1. The smallest absolute Gasteiger partial charge is 0.232 e. The van der Waals surface area contributed by atoms with Crippen molar-refractivity contribution in [1.82, 2.24) is 9.97 Å². The van der Waals surface area contributed by atoms with Crippen LogP contribution in [0.3, 0.4) is 0 Å². The molecule has 11 heavy (non-hydrogen) atoms. The van der Waals surface area contributed by atoms with E-state index in [0.717, 1.165) is 11.0 Å². The highest BCUT2D eigenvalue weighted by molar-refractivity contribution is 9.10. The van der Waals surface area contributed by atoms with E-state index in [0.29, 0.717) is 12.5 Å². The van der Waals surface area contributed by atoms with Gasteiger partial charge in [0, 0.05) is 0 Å². The zero-order chi connectivity index (χ0) is 8.10. The summed E-state index contributed by atoms with van der Waals surface area (Å²) in [6.45, 7) is 2.74. The summed E-state index contributed by atoms with van der Waals surface area (Å²) in [5, 5.41) is 0. The largest absolute Gasteiger partial charge is 0.477 e. The van der Waals surface area contributed by atoms with Crippen LogP contribution < -0.4 is 4.74 Å². The Hall–Kier alpha value is -0.640. The fourth-order valence-electron chi connectivity index (χ4n) is 0.582. The molecule has 1 aromatic rings. The fourth-order valence-corrected chi connectivity index (χ4v) is 0.786. The number of hydrogen-bond donors (Lipinski definition) is 0. The van der Waals surface area contributed by atoms with E-state index in [4.69, 9.17) is 4.74 Å². The molecular formula is C7H9BrN2O. The summed E-state index contributed by atoms with van der Waals surface area (Å²) in [5.74, 6) is 0.579. The summed E-state index contributed by atoms with van der Waals surface area (Å²) in [6, 6.07) is 0. The van der Waals surface area contributed by atoms with Gasteiger partial charge in [-0.15, -0.1) is 0 Å². The van der Waals surface area contributed by atoms with E-state index >= 15 is 0 Å². The van der Waals surface area contributed by atoms with Gasteiger partial charge in [0.05, 0.1) is 19.0 Å². The van der Waals surface area contributed by atoms with Crippen LogP contribution in [0.5, 0.6) is 5.88 Å². The van der Waals surface area contributed by atoms with Gasteiger partial charge in [-0.2, -0.15) is 0 Å². The molecule has 0 radical (unpaired) electrons. The molecule has 1 aromatic heterocycles. The van der Waals surface area contributed by atoms with Crippen LogP contribution in [0.1, 0.15) is 13.3 Å². The van der Waals surface area contributed by atoms with Crippen molar-refractivity contribution < 1.29 is 4.74 Å². The van der Waals surface area contributed by atoms with Crippen LogP contribution in [-0.4, -0.2) is 16.6 Å². The minimum absolute atomic E-state index is 0.579. The predicted molar refractivity (Wildman–Crippen MR) is 45.5 cm³/mol. The Morgan fingerprint density at radius 3 is 2.82 bits per heavy atom. The quantitative estimate of drug-likeness (QED) is 0.776. The Bertz CT molecular complexity index is 212. The third-order valence-corrected chi connectivity index (χ3v) is 1.46. The summed E-state index contributed by atoms with van der Waals surface area (Å²) < 4.78 is 5.94. The molecule has 0 aromatic carbocycles. The van der Waals surface area contributed by atoms with Crippen molar-refractivity contribution in [1.29, 1.82) is 0 Å². The lowest BCUT2D eigenvalue weighted by molar-refractivity contribution is 0.303. The third-order valence-electron chi connectivity index (χ3n) is 1.05. The standard InChI is InChI=1S/C7H9BrN2O/c1-2-3-11-7-5-9-6(8)4-10-7/h4-5H,2-3H2,1H3. The van der Waals surface area contributed by atoms with E-state index in [1.165, 1.54) is 0 Å². The van der Waals surface area contributed by atoms with Crippen molar-refractivity contribution in [2.24, 2.45) is 0 Å². The molecule has 4 heteroatoms. The van der Waals surface area contributed by atoms with Gasteiger partial charge < -0.3 is 4.74 Å². The van der Waals surface area contributed by atoms with Gasteiger partial charge in [-0.05, 0) is 22.4 Å². The molecule has 0 amide bonds. The molecule has 0 atom stereocenters. The first-order valence-corrected chi connectivity index (χ1v) is 4.22. The van der Waals surface area contributed by atoms with Crippen molar-refractivity contribution in [3.63, 3.8) is 0 Å². The topological polar surface area (TPSA) is 35.0 Å². The lowest BCUT2D eigenvalue weighted by Crippen LogP contribution is -1.97. The number of rotatable bonds is 3. The number of aromatic nitrogens is 2. The second-order valence-corrected chi connectivity index (χ2v) is 2.84. The average molecular weight is 217 g/mol. The number of nitrogens with zero attached hydrogens (tertiary/aromatic N) is 2. The van der Waals surface area contributed by atoms with E-state index in [2.05, 4.69) is 25.9 Å². The average Bonchev–Trinajstić information content (AvgIpc) is 2.04. The van der Waals surface area contributed by atoms with Gasteiger partial charge in [0.2, 0.25) is 5.88 Å². The normalized spacial score (nSPS) is 9.64. The molecule has 0 spiro atoms. The molecule has 0 fully saturated rings. The van der Waals surface area contributed by atoms with Crippen LogP contribution in [-0.2, 0) is 0 Å². The van der Waals surface area contributed by atoms with Crippen LogP contribution in [0.15, 0.2) is 17.0 Å². The minimum Gasteiger partial charge on any atom is -0.477 e. The van der Waals surface area contributed by atoms with Crippen LogP contribution in [0.25, 0.3) is 0 Å². The van der Waals surface area contributed by atoms with Gasteiger partial charge >= 0.3 is 0 Å². The monoisotopic (exact) mass is 216 g/mol. The highest BCUT2D eigenvalue weighted by atomic mass is 79.9. The van der Waals surface area contributed by atoms with Crippen LogP contribution in [0, 0.1) is 0 Å². The molecule has 1 heterocycles. The first-order valence-electron chi connectivity index (χ1n) is 3.43. The molecule has 0 saturated carbocycles. The van der Waals surface area contributed by atoms with Gasteiger partial charge in [-0.1, -0.05) is 6.92 Å². The summed E-state index contributed by atoms with van der Waals surface area (Å²) in [7, 11) is 0. The second-order valence-electron chi connectivity index (χ2n) is 2.03. The van der Waals surface area contributed by atoms with E-state index in [1.807, 2.05) is 6.92 Å². The van der Waals surface area contributed by atoms with Gasteiger partial charge in [-0.25, -0.2) is 9.97 Å². The summed E-state index contributed by atoms with van der Waals surface area (Å²) in [5.41, 5.74) is 0. The summed E-state index contributed by atoms with van der Waals surface area (Å²) in [6.07, 6.45) is 4.20. The number of halogens is 1. The first kappa shape index (κ1) is 8.46. The Morgan fingerprint density at radius 2 is 2.27 bits per heavy atom. The molecule has 3 nitrogen and oxygen atoms in total. The Balaban J connectivity index is 2.52. The SMILES string of the molecule is CCCOc1cnc(Br)cn1. The van der Waals surface area contributed by atoms with Gasteiger partial charge in [0.25, 0.3) is 0 Å². The van der Waals surface area contributed by atoms with Crippen molar-refractivity contribution >= 4 is 15.9 Å².